The van der Waals surface area contributed by atoms with Gasteiger partial charge in [0.1, 0.15) is 11.4 Å². The van der Waals surface area contributed by atoms with E-state index in [1.54, 1.807) is 0 Å². The molecule has 0 fully saturated rings. The van der Waals surface area contributed by atoms with E-state index in [-0.39, 0.29) is 5.60 Å². The number of hydrogen-bond donors (Lipinski definition) is 0. The fourth-order valence-corrected chi connectivity index (χ4v) is 2.48. The monoisotopic (exact) mass is 218 g/mol. The Morgan fingerprint density at radius 1 is 1.31 bits per heavy atom. The molecule has 0 bridgehead atoms. The van der Waals surface area contributed by atoms with Gasteiger partial charge in [0.15, 0.2) is 0 Å². The Hall–Kier alpha value is -0.980. The Bertz CT molecular complexity index is 379. The molecule has 1 atom stereocenters. The zero-order valence-corrected chi connectivity index (χ0v) is 10.8. The van der Waals surface area contributed by atoms with Gasteiger partial charge in [-0.2, -0.15) is 0 Å². The highest BCUT2D eigenvalue weighted by molar-refractivity contribution is 5.40. The summed E-state index contributed by atoms with van der Waals surface area (Å²) in [5, 5.41) is 0. The Morgan fingerprint density at radius 2 is 2.06 bits per heavy atom. The minimum absolute atomic E-state index is 0.0251. The van der Waals surface area contributed by atoms with Gasteiger partial charge in [0.05, 0.1) is 0 Å². The highest BCUT2D eigenvalue weighted by Gasteiger charge is 2.25. The number of hydrogen-bond acceptors (Lipinski definition) is 1. The summed E-state index contributed by atoms with van der Waals surface area (Å²) in [5.74, 6) is 1.71. The van der Waals surface area contributed by atoms with Crippen molar-refractivity contribution in [2.24, 2.45) is 0 Å². The van der Waals surface area contributed by atoms with Crippen LogP contribution < -0.4 is 4.74 Å². The lowest BCUT2D eigenvalue weighted by atomic mass is 9.89. The molecule has 1 heterocycles. The molecular weight excluding hydrogens is 196 g/mol. The van der Waals surface area contributed by atoms with Crippen LogP contribution in [0.4, 0.5) is 0 Å². The first-order valence-corrected chi connectivity index (χ1v) is 6.27. The predicted molar refractivity (Wildman–Crippen MR) is 68.2 cm³/mol. The standard InChI is InChI=1S/C15H22O/c1-11-7-8-13-12(2)6-5-9-15(3,4)16-14(13)10-11/h7-8,10,12H,5-6,9H2,1-4H3. The highest BCUT2D eigenvalue weighted by atomic mass is 16.5. The largest absolute Gasteiger partial charge is 0.488 e. The van der Waals surface area contributed by atoms with E-state index in [1.807, 2.05) is 0 Å². The van der Waals surface area contributed by atoms with Crippen molar-refractivity contribution < 1.29 is 4.74 Å². The Kier molecular flexibility index (Phi) is 2.96. The molecule has 1 aliphatic heterocycles. The molecule has 0 radical (unpaired) electrons. The minimum atomic E-state index is -0.0251. The van der Waals surface area contributed by atoms with Crippen molar-refractivity contribution in [3.63, 3.8) is 0 Å². The van der Waals surface area contributed by atoms with E-state index < -0.39 is 0 Å². The van der Waals surface area contributed by atoms with Gasteiger partial charge in [0.2, 0.25) is 0 Å². The summed E-state index contributed by atoms with van der Waals surface area (Å²) in [6, 6.07) is 6.60. The van der Waals surface area contributed by atoms with Gasteiger partial charge in [-0.25, -0.2) is 0 Å². The van der Waals surface area contributed by atoms with E-state index in [0.717, 1.165) is 12.2 Å². The number of fused-ring (bicyclic) bond motifs is 1. The van der Waals surface area contributed by atoms with Crippen LogP contribution in [0.25, 0.3) is 0 Å². The second-order valence-corrected chi connectivity index (χ2v) is 5.70. The van der Waals surface area contributed by atoms with Gasteiger partial charge >= 0.3 is 0 Å². The van der Waals surface area contributed by atoms with Gasteiger partial charge in [-0.15, -0.1) is 0 Å². The smallest absolute Gasteiger partial charge is 0.123 e. The molecular formula is C15H22O. The summed E-state index contributed by atoms with van der Waals surface area (Å²) in [4.78, 5) is 0. The normalized spacial score (nSPS) is 23.9. The molecule has 1 aliphatic rings. The van der Waals surface area contributed by atoms with E-state index >= 15 is 0 Å². The van der Waals surface area contributed by atoms with Crippen LogP contribution in [-0.4, -0.2) is 5.60 Å². The van der Waals surface area contributed by atoms with Crippen molar-refractivity contribution in [1.29, 1.82) is 0 Å². The Labute approximate surface area is 98.8 Å². The van der Waals surface area contributed by atoms with Crippen LogP contribution in [0.2, 0.25) is 0 Å². The van der Waals surface area contributed by atoms with Crippen LogP contribution in [0.3, 0.4) is 0 Å². The van der Waals surface area contributed by atoms with Gasteiger partial charge < -0.3 is 4.74 Å². The molecule has 0 amide bonds. The maximum absolute atomic E-state index is 6.18. The molecule has 0 N–H and O–H groups in total. The van der Waals surface area contributed by atoms with Crippen LogP contribution in [0.15, 0.2) is 18.2 Å². The lowest BCUT2D eigenvalue weighted by Crippen LogP contribution is -2.30. The summed E-state index contributed by atoms with van der Waals surface area (Å²) in [6.07, 6.45) is 3.66. The van der Waals surface area contributed by atoms with Crippen molar-refractivity contribution in [2.45, 2.75) is 58.5 Å². The number of benzene rings is 1. The summed E-state index contributed by atoms with van der Waals surface area (Å²) in [6.45, 7) is 8.81. The Morgan fingerprint density at radius 3 is 2.81 bits per heavy atom. The first-order chi connectivity index (χ1) is 7.48. The van der Waals surface area contributed by atoms with Gasteiger partial charge in [-0.3, -0.25) is 0 Å². The zero-order chi connectivity index (χ0) is 11.8. The van der Waals surface area contributed by atoms with Gasteiger partial charge in [0.25, 0.3) is 0 Å². The number of rotatable bonds is 0. The third kappa shape index (κ3) is 2.40. The van der Waals surface area contributed by atoms with Crippen molar-refractivity contribution in [3.8, 4) is 5.75 Å². The fraction of sp³-hybridized carbons (Fsp3) is 0.600. The maximum atomic E-state index is 6.18. The molecule has 1 nitrogen and oxygen atoms in total. The van der Waals surface area contributed by atoms with Gasteiger partial charge in [-0.1, -0.05) is 19.1 Å². The highest BCUT2D eigenvalue weighted by Crippen LogP contribution is 2.37. The molecule has 0 spiro atoms. The summed E-state index contributed by atoms with van der Waals surface area (Å²) < 4.78 is 6.18. The van der Waals surface area contributed by atoms with Crippen LogP contribution in [0.1, 0.15) is 57.1 Å². The lowest BCUT2D eigenvalue weighted by Gasteiger charge is -2.32. The maximum Gasteiger partial charge on any atom is 0.123 e. The van der Waals surface area contributed by atoms with E-state index in [4.69, 9.17) is 4.74 Å². The average molecular weight is 218 g/mol. The predicted octanol–water partition coefficient (Wildman–Crippen LogP) is 4.44. The van der Waals surface area contributed by atoms with E-state index in [2.05, 4.69) is 45.9 Å². The number of aryl methyl sites for hydroxylation is 1. The van der Waals surface area contributed by atoms with E-state index in [1.165, 1.54) is 24.0 Å². The van der Waals surface area contributed by atoms with Crippen molar-refractivity contribution in [3.05, 3.63) is 29.3 Å². The second kappa shape index (κ2) is 4.12. The topological polar surface area (TPSA) is 9.23 Å². The molecule has 1 heteroatoms. The first kappa shape index (κ1) is 11.5. The molecule has 0 aromatic heterocycles. The molecule has 16 heavy (non-hydrogen) atoms. The molecule has 1 aromatic carbocycles. The van der Waals surface area contributed by atoms with E-state index in [0.29, 0.717) is 5.92 Å². The SMILES string of the molecule is Cc1ccc2c(c1)OC(C)(C)CCCC2C. The fourth-order valence-electron chi connectivity index (χ4n) is 2.48. The molecule has 0 saturated heterocycles. The van der Waals surface area contributed by atoms with Crippen LogP contribution in [0, 0.1) is 6.92 Å². The third-order valence-corrected chi connectivity index (χ3v) is 3.50. The summed E-state index contributed by atoms with van der Waals surface area (Å²) in [5.41, 5.74) is 2.63. The van der Waals surface area contributed by atoms with Crippen LogP contribution >= 0.6 is 0 Å². The number of ether oxygens (including phenoxy) is 1. The minimum Gasteiger partial charge on any atom is -0.488 e. The van der Waals surface area contributed by atoms with Crippen LogP contribution in [-0.2, 0) is 0 Å². The van der Waals surface area contributed by atoms with Crippen molar-refractivity contribution in [2.75, 3.05) is 0 Å². The van der Waals surface area contributed by atoms with Crippen LogP contribution in [0.5, 0.6) is 5.75 Å². The average Bonchev–Trinajstić information content (AvgIpc) is 2.14. The molecule has 0 saturated carbocycles. The first-order valence-electron chi connectivity index (χ1n) is 6.27. The second-order valence-electron chi connectivity index (χ2n) is 5.70. The lowest BCUT2D eigenvalue weighted by molar-refractivity contribution is 0.0891. The zero-order valence-electron chi connectivity index (χ0n) is 10.8. The summed E-state index contributed by atoms with van der Waals surface area (Å²) in [7, 11) is 0. The van der Waals surface area contributed by atoms with Crippen molar-refractivity contribution in [1.82, 2.24) is 0 Å². The quantitative estimate of drug-likeness (QED) is 0.625. The summed E-state index contributed by atoms with van der Waals surface area (Å²) >= 11 is 0. The molecule has 2 rings (SSSR count). The molecule has 1 aromatic rings. The third-order valence-electron chi connectivity index (χ3n) is 3.50. The van der Waals surface area contributed by atoms with Gasteiger partial charge in [0, 0.05) is 0 Å². The molecule has 1 unspecified atom stereocenters. The van der Waals surface area contributed by atoms with Gasteiger partial charge in [-0.05, 0) is 63.1 Å². The van der Waals surface area contributed by atoms with Crippen molar-refractivity contribution >= 4 is 0 Å². The molecule has 0 aliphatic carbocycles. The Balaban J connectivity index is 2.42. The molecule has 88 valence electrons. The van der Waals surface area contributed by atoms with E-state index in [9.17, 15) is 0 Å².